The number of aromatic nitrogens is 1. The zero-order chi connectivity index (χ0) is 26.5. The number of ether oxygens (including phenoxy) is 1. The van der Waals surface area contributed by atoms with Crippen molar-refractivity contribution in [2.75, 3.05) is 7.05 Å². The second-order valence-electron chi connectivity index (χ2n) is 9.48. The third-order valence-electron chi connectivity index (χ3n) is 6.80. The summed E-state index contributed by atoms with van der Waals surface area (Å²) in [6.07, 6.45) is 2.18. The summed E-state index contributed by atoms with van der Waals surface area (Å²) in [6.45, 7) is 3.14. The van der Waals surface area contributed by atoms with E-state index in [1.165, 1.54) is 12.1 Å². The molecule has 5 rings (SSSR count). The Labute approximate surface area is 222 Å². The van der Waals surface area contributed by atoms with Crippen LogP contribution in [-0.2, 0) is 13.1 Å². The summed E-state index contributed by atoms with van der Waals surface area (Å²) in [5.41, 5.74) is 5.99. The standard InChI is InChI=1S/C33H29FN2O2/c1-23-28-14-9-19-35-31(28)33(38-32(25-10-5-3-6-11-25)26-12-7-4-8-13-26)30(22-37)29(23)21-36(2)20-24-15-17-27(34)18-16-24/h3-19,22,32H,20-21H2,1-2H3. The lowest BCUT2D eigenvalue weighted by Crippen LogP contribution is -2.20. The van der Waals surface area contributed by atoms with Gasteiger partial charge < -0.3 is 4.74 Å². The predicted molar refractivity (Wildman–Crippen MR) is 149 cm³/mol. The molecule has 0 bridgehead atoms. The Morgan fingerprint density at radius 2 is 1.50 bits per heavy atom. The largest absolute Gasteiger partial charge is 0.478 e. The Morgan fingerprint density at radius 1 is 0.868 bits per heavy atom. The SMILES string of the molecule is Cc1c(CN(C)Cc2ccc(F)cc2)c(C=O)c(OC(c2ccccc2)c2ccccc2)c2ncccc12. The van der Waals surface area contributed by atoms with Crippen molar-refractivity contribution >= 4 is 17.2 Å². The molecular weight excluding hydrogens is 475 g/mol. The fourth-order valence-corrected chi connectivity index (χ4v) is 4.90. The third kappa shape index (κ3) is 5.34. The van der Waals surface area contributed by atoms with E-state index in [2.05, 4.69) is 9.88 Å². The lowest BCUT2D eigenvalue weighted by atomic mass is 9.95. The molecule has 0 saturated heterocycles. The highest BCUT2D eigenvalue weighted by Crippen LogP contribution is 2.38. The number of hydrogen-bond acceptors (Lipinski definition) is 4. The normalized spacial score (nSPS) is 11.3. The molecule has 0 aliphatic carbocycles. The molecule has 0 N–H and O–H groups in total. The summed E-state index contributed by atoms with van der Waals surface area (Å²) in [6, 6.07) is 30.4. The number of hydrogen-bond donors (Lipinski definition) is 0. The molecule has 4 nitrogen and oxygen atoms in total. The Morgan fingerprint density at radius 3 is 2.11 bits per heavy atom. The number of fused-ring (bicyclic) bond motifs is 1. The van der Waals surface area contributed by atoms with Crippen molar-refractivity contribution in [3.05, 3.63) is 142 Å². The van der Waals surface area contributed by atoms with Crippen LogP contribution in [0.4, 0.5) is 4.39 Å². The molecule has 190 valence electrons. The first-order valence-electron chi connectivity index (χ1n) is 12.6. The molecule has 5 aromatic rings. The van der Waals surface area contributed by atoms with E-state index in [-0.39, 0.29) is 5.82 Å². The van der Waals surface area contributed by atoms with Gasteiger partial charge in [-0.1, -0.05) is 78.9 Å². The molecule has 1 aromatic heterocycles. The minimum atomic E-state index is -0.422. The van der Waals surface area contributed by atoms with E-state index in [4.69, 9.17) is 4.74 Å². The molecule has 0 aliphatic heterocycles. The zero-order valence-electron chi connectivity index (χ0n) is 21.5. The van der Waals surface area contributed by atoms with Crippen LogP contribution in [0.25, 0.3) is 10.9 Å². The molecule has 1 heterocycles. The molecule has 0 fully saturated rings. The van der Waals surface area contributed by atoms with E-state index in [1.807, 2.05) is 86.8 Å². The lowest BCUT2D eigenvalue weighted by molar-refractivity contribution is 0.111. The van der Waals surface area contributed by atoms with E-state index in [0.717, 1.165) is 39.5 Å². The fourth-order valence-electron chi connectivity index (χ4n) is 4.90. The van der Waals surface area contributed by atoms with E-state index < -0.39 is 6.10 Å². The lowest BCUT2D eigenvalue weighted by Gasteiger charge is -2.25. The molecule has 5 heteroatoms. The van der Waals surface area contributed by atoms with Crippen LogP contribution in [0.2, 0.25) is 0 Å². The molecule has 0 radical (unpaired) electrons. The van der Waals surface area contributed by atoms with Crippen molar-refractivity contribution in [3.63, 3.8) is 0 Å². The number of carbonyl (C=O) groups is 1. The number of carbonyl (C=O) groups excluding carboxylic acids is 1. The maximum atomic E-state index is 13.4. The number of rotatable bonds is 9. The number of benzene rings is 4. The molecule has 38 heavy (non-hydrogen) atoms. The highest BCUT2D eigenvalue weighted by Gasteiger charge is 2.24. The molecule has 0 aliphatic rings. The minimum absolute atomic E-state index is 0.259. The van der Waals surface area contributed by atoms with Crippen molar-refractivity contribution in [2.45, 2.75) is 26.1 Å². The Bertz CT molecular complexity index is 1500. The molecule has 0 spiro atoms. The van der Waals surface area contributed by atoms with Crippen molar-refractivity contribution in [1.29, 1.82) is 0 Å². The van der Waals surface area contributed by atoms with Crippen molar-refractivity contribution < 1.29 is 13.9 Å². The van der Waals surface area contributed by atoms with Gasteiger partial charge >= 0.3 is 0 Å². The monoisotopic (exact) mass is 504 g/mol. The first-order chi connectivity index (χ1) is 18.5. The number of aryl methyl sites for hydroxylation is 1. The van der Waals surface area contributed by atoms with Gasteiger partial charge in [0.2, 0.25) is 0 Å². The van der Waals surface area contributed by atoms with Crippen LogP contribution in [0, 0.1) is 12.7 Å². The van der Waals surface area contributed by atoms with Crippen molar-refractivity contribution in [1.82, 2.24) is 9.88 Å². The maximum Gasteiger partial charge on any atom is 0.157 e. The molecule has 4 aromatic carbocycles. The van der Waals surface area contributed by atoms with Gasteiger partial charge in [-0.15, -0.1) is 0 Å². The van der Waals surface area contributed by atoms with Gasteiger partial charge in [0.15, 0.2) is 12.0 Å². The van der Waals surface area contributed by atoms with Gasteiger partial charge in [-0.05, 0) is 60.0 Å². The molecule has 0 amide bonds. The van der Waals surface area contributed by atoms with Gasteiger partial charge in [0, 0.05) is 24.7 Å². The van der Waals surface area contributed by atoms with Crippen LogP contribution >= 0.6 is 0 Å². The van der Waals surface area contributed by atoms with Crippen LogP contribution in [0.3, 0.4) is 0 Å². The van der Waals surface area contributed by atoms with E-state index >= 15 is 0 Å². The second kappa shape index (κ2) is 11.4. The predicted octanol–water partition coefficient (Wildman–Crippen LogP) is 7.30. The van der Waals surface area contributed by atoms with Crippen molar-refractivity contribution in [3.8, 4) is 5.75 Å². The summed E-state index contributed by atoms with van der Waals surface area (Å²) in [5.74, 6) is 0.217. The second-order valence-corrected chi connectivity index (χ2v) is 9.48. The van der Waals surface area contributed by atoms with Crippen molar-refractivity contribution in [2.24, 2.45) is 0 Å². The van der Waals surface area contributed by atoms with Crippen LogP contribution in [0.5, 0.6) is 5.75 Å². The summed E-state index contributed by atoms with van der Waals surface area (Å²) in [4.78, 5) is 19.5. The number of aldehydes is 1. The van der Waals surface area contributed by atoms with Gasteiger partial charge in [0.1, 0.15) is 17.4 Å². The number of pyridine rings is 1. The molecule has 0 saturated carbocycles. The summed E-state index contributed by atoms with van der Waals surface area (Å²) >= 11 is 0. The Kier molecular flexibility index (Phi) is 7.57. The molecule has 0 unspecified atom stereocenters. The minimum Gasteiger partial charge on any atom is -0.478 e. The van der Waals surface area contributed by atoms with Gasteiger partial charge in [-0.3, -0.25) is 14.7 Å². The highest BCUT2D eigenvalue weighted by molar-refractivity contribution is 5.97. The first kappa shape index (κ1) is 25.3. The van der Waals surface area contributed by atoms with Crippen LogP contribution in [-0.4, -0.2) is 23.2 Å². The van der Waals surface area contributed by atoms with Gasteiger partial charge in [0.25, 0.3) is 0 Å². The van der Waals surface area contributed by atoms with Crippen LogP contribution in [0.1, 0.15) is 44.3 Å². The average Bonchev–Trinajstić information content (AvgIpc) is 2.96. The first-order valence-corrected chi connectivity index (χ1v) is 12.6. The Balaban J connectivity index is 1.60. The summed E-state index contributed by atoms with van der Waals surface area (Å²) < 4.78 is 20.2. The number of nitrogens with zero attached hydrogens (tertiary/aromatic N) is 2. The van der Waals surface area contributed by atoms with E-state index in [0.29, 0.717) is 29.9 Å². The molecular formula is C33H29FN2O2. The fraction of sp³-hybridized carbons (Fsp3) is 0.152. The van der Waals surface area contributed by atoms with Gasteiger partial charge in [-0.2, -0.15) is 0 Å². The topological polar surface area (TPSA) is 42.4 Å². The molecule has 0 atom stereocenters. The smallest absolute Gasteiger partial charge is 0.157 e. The quantitative estimate of drug-likeness (QED) is 0.198. The zero-order valence-corrected chi connectivity index (χ0v) is 21.5. The van der Waals surface area contributed by atoms with Crippen LogP contribution in [0.15, 0.2) is 103 Å². The average molecular weight is 505 g/mol. The summed E-state index contributed by atoms with van der Waals surface area (Å²) in [5, 5.41) is 0.943. The number of halogens is 1. The third-order valence-corrected chi connectivity index (χ3v) is 6.80. The van der Waals surface area contributed by atoms with E-state index in [9.17, 15) is 9.18 Å². The highest BCUT2D eigenvalue weighted by atomic mass is 19.1. The van der Waals surface area contributed by atoms with Gasteiger partial charge in [-0.25, -0.2) is 4.39 Å². The van der Waals surface area contributed by atoms with Crippen LogP contribution < -0.4 is 4.74 Å². The van der Waals surface area contributed by atoms with E-state index in [1.54, 1.807) is 18.3 Å². The van der Waals surface area contributed by atoms with Gasteiger partial charge in [0.05, 0.1) is 5.56 Å². The Hall–Kier alpha value is -4.35. The summed E-state index contributed by atoms with van der Waals surface area (Å²) in [7, 11) is 1.99. The maximum absolute atomic E-state index is 13.4.